The quantitative estimate of drug-likeness (QED) is 0.485. The van der Waals surface area contributed by atoms with Gasteiger partial charge in [-0.3, -0.25) is 4.79 Å². The molecule has 104 valence electrons. The average Bonchev–Trinajstić information content (AvgIpc) is 2.98. The lowest BCUT2D eigenvalue weighted by molar-refractivity contribution is 0.0954. The predicted molar refractivity (Wildman–Crippen MR) is 89.7 cm³/mol. The second-order valence-corrected chi connectivity index (χ2v) is 6.07. The highest BCUT2D eigenvalue weighted by Crippen LogP contribution is 2.21. The molecule has 1 aromatic heterocycles. The van der Waals surface area contributed by atoms with Crippen molar-refractivity contribution in [2.24, 2.45) is 5.10 Å². The zero-order valence-electron chi connectivity index (χ0n) is 11.0. The molecule has 0 aliphatic rings. The summed E-state index contributed by atoms with van der Waals surface area (Å²) in [7, 11) is 1.60. The van der Waals surface area contributed by atoms with Crippen molar-refractivity contribution in [3.63, 3.8) is 0 Å². The molecule has 0 unspecified atom stereocenters. The number of hydrogen-bond donors (Lipinski definition) is 1. The molecule has 0 saturated carbocycles. The summed E-state index contributed by atoms with van der Waals surface area (Å²) >= 11 is 3.72. The van der Waals surface area contributed by atoms with Crippen LogP contribution in [0.4, 0.5) is 0 Å². The maximum atomic E-state index is 12.0. The molecule has 0 radical (unpaired) electrons. The molecule has 1 N–H and O–H groups in total. The largest absolute Gasteiger partial charge is 0.496 e. The van der Waals surface area contributed by atoms with E-state index in [0.29, 0.717) is 5.56 Å². The van der Waals surface area contributed by atoms with Gasteiger partial charge in [0.15, 0.2) is 0 Å². The summed E-state index contributed by atoms with van der Waals surface area (Å²) in [6.45, 7) is 1.86. The number of hydrazone groups is 1. The minimum atomic E-state index is -0.235. The first-order valence-electron chi connectivity index (χ1n) is 5.84. The van der Waals surface area contributed by atoms with Gasteiger partial charge in [-0.25, -0.2) is 5.43 Å². The number of thiophene rings is 1. The average molecular weight is 400 g/mol. The number of rotatable bonds is 4. The van der Waals surface area contributed by atoms with E-state index >= 15 is 0 Å². The third-order valence-electron chi connectivity index (χ3n) is 2.62. The fourth-order valence-electron chi connectivity index (χ4n) is 1.55. The summed E-state index contributed by atoms with van der Waals surface area (Å²) in [5.74, 6) is 0.516. The summed E-state index contributed by atoms with van der Waals surface area (Å²) < 4.78 is 6.05. The fourth-order valence-corrected chi connectivity index (χ4v) is 2.96. The maximum Gasteiger partial charge on any atom is 0.271 e. The van der Waals surface area contributed by atoms with Gasteiger partial charge < -0.3 is 4.74 Å². The molecule has 1 heterocycles. The fraction of sp³-hybridized carbons (Fsp3) is 0.143. The number of benzene rings is 1. The van der Waals surface area contributed by atoms with Gasteiger partial charge in [0.2, 0.25) is 0 Å². The van der Waals surface area contributed by atoms with E-state index in [-0.39, 0.29) is 5.91 Å². The van der Waals surface area contributed by atoms with Crippen molar-refractivity contribution < 1.29 is 9.53 Å². The highest BCUT2D eigenvalue weighted by molar-refractivity contribution is 14.1. The van der Waals surface area contributed by atoms with E-state index in [1.165, 1.54) is 0 Å². The van der Waals surface area contributed by atoms with Gasteiger partial charge in [-0.1, -0.05) is 6.07 Å². The lowest BCUT2D eigenvalue weighted by Crippen LogP contribution is -2.19. The summed E-state index contributed by atoms with van der Waals surface area (Å²) in [5, 5.41) is 6.08. The first kappa shape index (κ1) is 15.0. The lowest BCUT2D eigenvalue weighted by atomic mass is 10.2. The zero-order chi connectivity index (χ0) is 14.5. The molecule has 0 saturated heterocycles. The van der Waals surface area contributed by atoms with Crippen LogP contribution >= 0.6 is 33.9 Å². The number of ether oxygens (including phenoxy) is 1. The molecule has 20 heavy (non-hydrogen) atoms. The van der Waals surface area contributed by atoms with Gasteiger partial charge in [-0.05, 0) is 59.2 Å². The molecule has 0 spiro atoms. The van der Waals surface area contributed by atoms with Gasteiger partial charge in [0.05, 0.1) is 16.4 Å². The molecule has 0 aliphatic heterocycles. The molecule has 1 aromatic carbocycles. The number of carbonyl (C=O) groups excluding carboxylic acids is 1. The molecule has 4 nitrogen and oxygen atoms in total. The number of hydrogen-bond acceptors (Lipinski definition) is 4. The SMILES string of the molecule is COc1ccc(C(=O)N/N=C(\C)c2cccs2)cc1I. The van der Waals surface area contributed by atoms with Crippen LogP contribution in [-0.2, 0) is 0 Å². The van der Waals surface area contributed by atoms with Crippen molar-refractivity contribution in [1.82, 2.24) is 5.43 Å². The monoisotopic (exact) mass is 400 g/mol. The van der Waals surface area contributed by atoms with Crippen molar-refractivity contribution in [3.8, 4) is 5.75 Å². The zero-order valence-corrected chi connectivity index (χ0v) is 14.0. The van der Waals surface area contributed by atoms with E-state index in [2.05, 4.69) is 33.1 Å². The predicted octanol–water partition coefficient (Wildman–Crippen LogP) is 3.52. The second kappa shape index (κ2) is 6.85. The third-order valence-corrected chi connectivity index (χ3v) is 4.44. The van der Waals surface area contributed by atoms with Gasteiger partial charge in [0, 0.05) is 10.4 Å². The summed E-state index contributed by atoms with van der Waals surface area (Å²) in [6, 6.07) is 9.17. The molecule has 1 amide bonds. The topological polar surface area (TPSA) is 50.7 Å². The number of amides is 1. The summed E-state index contributed by atoms with van der Waals surface area (Å²) in [6.07, 6.45) is 0. The Morgan fingerprint density at radius 2 is 2.20 bits per heavy atom. The Labute approximate surface area is 135 Å². The first-order chi connectivity index (χ1) is 9.61. The van der Waals surface area contributed by atoms with Crippen LogP contribution in [0.1, 0.15) is 22.2 Å². The van der Waals surface area contributed by atoms with Crippen molar-refractivity contribution >= 4 is 45.5 Å². The Bertz CT molecular complexity index is 639. The Kier molecular flexibility index (Phi) is 5.13. The summed E-state index contributed by atoms with van der Waals surface area (Å²) in [4.78, 5) is 13.0. The minimum absolute atomic E-state index is 0.235. The van der Waals surface area contributed by atoms with E-state index in [9.17, 15) is 4.79 Å². The van der Waals surface area contributed by atoms with Gasteiger partial charge in [0.25, 0.3) is 5.91 Å². The Morgan fingerprint density at radius 1 is 1.40 bits per heavy atom. The Hall–Kier alpha value is -1.41. The van der Waals surface area contributed by atoms with Crippen molar-refractivity contribution in [3.05, 3.63) is 49.7 Å². The van der Waals surface area contributed by atoms with Crippen LogP contribution in [0.2, 0.25) is 0 Å². The van der Waals surface area contributed by atoms with Crippen LogP contribution in [0.5, 0.6) is 5.75 Å². The highest BCUT2D eigenvalue weighted by Gasteiger charge is 2.08. The van der Waals surface area contributed by atoms with E-state index in [1.54, 1.807) is 36.6 Å². The molecule has 2 aromatic rings. The van der Waals surface area contributed by atoms with E-state index < -0.39 is 0 Å². The number of halogens is 1. The second-order valence-electron chi connectivity index (χ2n) is 3.96. The van der Waals surface area contributed by atoms with Crippen LogP contribution in [0.25, 0.3) is 0 Å². The molecule has 0 aliphatic carbocycles. The van der Waals surface area contributed by atoms with E-state index in [0.717, 1.165) is 19.9 Å². The molecular formula is C14H13IN2O2S. The maximum absolute atomic E-state index is 12.0. The Morgan fingerprint density at radius 3 is 2.80 bits per heavy atom. The molecule has 0 bridgehead atoms. The molecule has 6 heteroatoms. The van der Waals surface area contributed by atoms with E-state index in [4.69, 9.17) is 4.74 Å². The first-order valence-corrected chi connectivity index (χ1v) is 7.79. The summed E-state index contributed by atoms with van der Waals surface area (Å²) in [5.41, 5.74) is 3.91. The standard InChI is InChI=1S/C14H13IN2O2S/c1-9(13-4-3-7-20-13)16-17-14(18)10-5-6-12(19-2)11(15)8-10/h3-8H,1-2H3,(H,17,18)/b16-9+. The number of nitrogens with zero attached hydrogens (tertiary/aromatic N) is 1. The van der Waals surface area contributed by atoms with Gasteiger partial charge in [-0.15, -0.1) is 11.3 Å². The van der Waals surface area contributed by atoms with Crippen LogP contribution < -0.4 is 10.2 Å². The normalized spacial score (nSPS) is 11.2. The van der Waals surface area contributed by atoms with Crippen molar-refractivity contribution in [2.45, 2.75) is 6.92 Å². The van der Waals surface area contributed by atoms with Crippen molar-refractivity contribution in [1.29, 1.82) is 0 Å². The van der Waals surface area contributed by atoms with Crippen LogP contribution in [0.15, 0.2) is 40.8 Å². The molecular weight excluding hydrogens is 387 g/mol. The number of carbonyl (C=O) groups is 1. The molecule has 2 rings (SSSR count). The van der Waals surface area contributed by atoms with Gasteiger partial charge >= 0.3 is 0 Å². The molecule has 0 atom stereocenters. The van der Waals surface area contributed by atoms with Gasteiger partial charge in [-0.2, -0.15) is 5.10 Å². The van der Waals surface area contributed by atoms with Crippen LogP contribution in [0.3, 0.4) is 0 Å². The smallest absolute Gasteiger partial charge is 0.271 e. The molecule has 0 fully saturated rings. The number of nitrogens with one attached hydrogen (secondary N) is 1. The number of methoxy groups -OCH3 is 1. The highest BCUT2D eigenvalue weighted by atomic mass is 127. The van der Waals surface area contributed by atoms with E-state index in [1.807, 2.05) is 24.4 Å². The third kappa shape index (κ3) is 3.57. The lowest BCUT2D eigenvalue weighted by Gasteiger charge is -2.05. The van der Waals surface area contributed by atoms with Gasteiger partial charge in [0.1, 0.15) is 5.75 Å². The van der Waals surface area contributed by atoms with Crippen molar-refractivity contribution in [2.75, 3.05) is 7.11 Å². The van der Waals surface area contributed by atoms with Crippen LogP contribution in [-0.4, -0.2) is 18.7 Å². The van der Waals surface area contributed by atoms with Crippen LogP contribution in [0, 0.1) is 3.57 Å². The Balaban J connectivity index is 2.09. The minimum Gasteiger partial charge on any atom is -0.496 e.